The van der Waals surface area contributed by atoms with Gasteiger partial charge >= 0.3 is 0 Å². The second kappa shape index (κ2) is 5.69. The first-order valence-electron chi connectivity index (χ1n) is 4.03. The minimum atomic E-state index is 0.377. The highest BCUT2D eigenvalue weighted by Gasteiger charge is 1.94. The molecule has 1 unspecified atom stereocenters. The van der Waals surface area contributed by atoms with Gasteiger partial charge in [-0.05, 0) is 40.4 Å². The Morgan fingerprint density at radius 2 is 1.90 bits per heavy atom. The molecule has 1 atom stereocenters. The lowest BCUT2D eigenvalue weighted by molar-refractivity contribution is 0.388. The van der Waals surface area contributed by atoms with Gasteiger partial charge in [0.2, 0.25) is 0 Å². The van der Waals surface area contributed by atoms with Gasteiger partial charge in [0.05, 0.1) is 0 Å². The molecule has 2 heteroatoms. The Balaban J connectivity index is 2.91. The number of hydrogen-bond donors (Lipinski definition) is 1. The molecular weight excluding hydrogens is 124 g/mol. The fourth-order valence-corrected chi connectivity index (χ4v) is 0.894. The lowest BCUT2D eigenvalue weighted by Crippen LogP contribution is -2.16. The highest BCUT2D eigenvalue weighted by atomic mass is 15.0. The molecule has 2 N–H and O–H groups in total. The van der Waals surface area contributed by atoms with E-state index in [1.807, 2.05) is 0 Å². The fourth-order valence-electron chi connectivity index (χ4n) is 0.894. The van der Waals surface area contributed by atoms with Gasteiger partial charge in [-0.2, -0.15) is 0 Å². The zero-order chi connectivity index (χ0) is 7.98. The van der Waals surface area contributed by atoms with Crippen LogP contribution in [0.15, 0.2) is 0 Å². The predicted octanol–water partition coefficient (Wildman–Crippen LogP) is 1.07. The maximum atomic E-state index is 5.60. The minimum absolute atomic E-state index is 0.377. The summed E-state index contributed by atoms with van der Waals surface area (Å²) < 4.78 is 0. The van der Waals surface area contributed by atoms with Crippen LogP contribution in [0.25, 0.3) is 0 Å². The van der Waals surface area contributed by atoms with Gasteiger partial charge in [-0.3, -0.25) is 0 Å². The Labute approximate surface area is 64.4 Å². The molecular formula is C8H20N2. The summed E-state index contributed by atoms with van der Waals surface area (Å²) in [6, 6.07) is 0.377. The first kappa shape index (κ1) is 9.92. The molecule has 0 aromatic carbocycles. The van der Waals surface area contributed by atoms with Gasteiger partial charge in [-0.25, -0.2) is 0 Å². The van der Waals surface area contributed by atoms with Crippen molar-refractivity contribution in [2.75, 3.05) is 20.6 Å². The van der Waals surface area contributed by atoms with Crippen LogP contribution in [0.3, 0.4) is 0 Å². The third-order valence-corrected chi connectivity index (χ3v) is 1.51. The average Bonchev–Trinajstić information content (AvgIpc) is 1.79. The summed E-state index contributed by atoms with van der Waals surface area (Å²) in [6.07, 6.45) is 3.69. The monoisotopic (exact) mass is 144 g/mol. The lowest BCUT2D eigenvalue weighted by Gasteiger charge is -2.09. The Hall–Kier alpha value is -0.0800. The van der Waals surface area contributed by atoms with E-state index in [0.717, 1.165) is 6.42 Å². The van der Waals surface area contributed by atoms with Crippen LogP contribution in [0.1, 0.15) is 26.2 Å². The quantitative estimate of drug-likeness (QED) is 0.585. The summed E-state index contributed by atoms with van der Waals surface area (Å²) in [5.41, 5.74) is 5.60. The molecule has 0 aliphatic carbocycles. The van der Waals surface area contributed by atoms with Crippen LogP contribution in [-0.4, -0.2) is 31.6 Å². The van der Waals surface area contributed by atoms with Gasteiger partial charge in [0.1, 0.15) is 0 Å². The SMILES string of the molecule is CC(N)CCCCN(C)C. The summed E-state index contributed by atoms with van der Waals surface area (Å²) in [5, 5.41) is 0. The van der Waals surface area contributed by atoms with E-state index in [9.17, 15) is 0 Å². The summed E-state index contributed by atoms with van der Waals surface area (Å²) in [5.74, 6) is 0. The maximum absolute atomic E-state index is 5.60. The third kappa shape index (κ3) is 7.92. The van der Waals surface area contributed by atoms with Crippen LogP contribution < -0.4 is 5.73 Å². The smallest absolute Gasteiger partial charge is 0.00104 e. The second-order valence-electron chi connectivity index (χ2n) is 3.28. The Morgan fingerprint density at radius 3 is 2.30 bits per heavy atom. The number of rotatable bonds is 5. The molecule has 0 fully saturated rings. The third-order valence-electron chi connectivity index (χ3n) is 1.51. The van der Waals surface area contributed by atoms with Crippen molar-refractivity contribution in [3.63, 3.8) is 0 Å². The molecule has 62 valence electrons. The Bertz CT molecular complexity index is 59.7. The van der Waals surface area contributed by atoms with Gasteiger partial charge in [-0.1, -0.05) is 6.42 Å². The predicted molar refractivity (Wildman–Crippen MR) is 46.1 cm³/mol. The highest BCUT2D eigenvalue weighted by Crippen LogP contribution is 1.98. The van der Waals surface area contributed by atoms with Crippen LogP contribution in [-0.2, 0) is 0 Å². The van der Waals surface area contributed by atoms with Gasteiger partial charge in [-0.15, -0.1) is 0 Å². The first-order chi connectivity index (χ1) is 4.63. The summed E-state index contributed by atoms with van der Waals surface area (Å²) in [7, 11) is 4.21. The molecule has 0 rings (SSSR count). The highest BCUT2D eigenvalue weighted by molar-refractivity contribution is 4.53. The molecule has 0 spiro atoms. The zero-order valence-electron chi connectivity index (χ0n) is 7.43. The van der Waals surface area contributed by atoms with E-state index in [1.54, 1.807) is 0 Å². The van der Waals surface area contributed by atoms with E-state index >= 15 is 0 Å². The summed E-state index contributed by atoms with van der Waals surface area (Å²) in [6.45, 7) is 3.25. The minimum Gasteiger partial charge on any atom is -0.328 e. The maximum Gasteiger partial charge on any atom is 0.00104 e. The van der Waals surface area contributed by atoms with Crippen molar-refractivity contribution in [3.8, 4) is 0 Å². The first-order valence-corrected chi connectivity index (χ1v) is 4.03. The molecule has 10 heavy (non-hydrogen) atoms. The molecule has 0 aliphatic heterocycles. The molecule has 0 bridgehead atoms. The van der Waals surface area contributed by atoms with E-state index in [0.29, 0.717) is 6.04 Å². The zero-order valence-corrected chi connectivity index (χ0v) is 7.43. The van der Waals surface area contributed by atoms with Crippen molar-refractivity contribution in [2.45, 2.75) is 32.2 Å². The molecule has 0 aromatic heterocycles. The van der Waals surface area contributed by atoms with Crippen molar-refractivity contribution in [3.05, 3.63) is 0 Å². The average molecular weight is 144 g/mol. The molecule has 0 heterocycles. The number of nitrogens with two attached hydrogens (primary N) is 1. The van der Waals surface area contributed by atoms with E-state index in [-0.39, 0.29) is 0 Å². The topological polar surface area (TPSA) is 29.3 Å². The normalized spacial score (nSPS) is 14.1. The van der Waals surface area contributed by atoms with E-state index in [1.165, 1.54) is 19.4 Å². The van der Waals surface area contributed by atoms with E-state index in [4.69, 9.17) is 5.73 Å². The van der Waals surface area contributed by atoms with E-state index in [2.05, 4.69) is 25.9 Å². The molecule has 0 radical (unpaired) electrons. The standard InChI is InChI=1S/C8H20N2/c1-8(9)6-4-5-7-10(2)3/h8H,4-7,9H2,1-3H3. The number of hydrogen-bond acceptors (Lipinski definition) is 2. The molecule has 0 amide bonds. The molecule has 2 nitrogen and oxygen atoms in total. The molecule has 0 aliphatic rings. The van der Waals surface area contributed by atoms with Gasteiger partial charge in [0.25, 0.3) is 0 Å². The second-order valence-corrected chi connectivity index (χ2v) is 3.28. The van der Waals surface area contributed by atoms with Crippen molar-refractivity contribution in [1.82, 2.24) is 4.90 Å². The number of nitrogens with zero attached hydrogens (tertiary/aromatic N) is 1. The summed E-state index contributed by atoms with van der Waals surface area (Å²) >= 11 is 0. The van der Waals surface area contributed by atoms with Crippen molar-refractivity contribution in [1.29, 1.82) is 0 Å². The van der Waals surface area contributed by atoms with Crippen LogP contribution >= 0.6 is 0 Å². The van der Waals surface area contributed by atoms with Crippen molar-refractivity contribution < 1.29 is 0 Å². The van der Waals surface area contributed by atoms with Crippen molar-refractivity contribution >= 4 is 0 Å². The lowest BCUT2D eigenvalue weighted by atomic mass is 10.1. The van der Waals surface area contributed by atoms with Crippen LogP contribution in [0.4, 0.5) is 0 Å². The molecule has 0 saturated carbocycles. The van der Waals surface area contributed by atoms with Gasteiger partial charge < -0.3 is 10.6 Å². The number of unbranched alkanes of at least 4 members (excludes halogenated alkanes) is 1. The Morgan fingerprint density at radius 1 is 1.30 bits per heavy atom. The Kier molecular flexibility index (Phi) is 5.64. The summed E-state index contributed by atoms with van der Waals surface area (Å²) in [4.78, 5) is 2.21. The van der Waals surface area contributed by atoms with Crippen LogP contribution in [0.5, 0.6) is 0 Å². The van der Waals surface area contributed by atoms with Gasteiger partial charge in [0, 0.05) is 6.04 Å². The largest absolute Gasteiger partial charge is 0.328 e. The molecule has 0 saturated heterocycles. The molecule has 0 aromatic rings. The van der Waals surface area contributed by atoms with Crippen molar-refractivity contribution in [2.24, 2.45) is 5.73 Å². The fraction of sp³-hybridized carbons (Fsp3) is 1.00. The van der Waals surface area contributed by atoms with Crippen LogP contribution in [0, 0.1) is 0 Å². The van der Waals surface area contributed by atoms with Gasteiger partial charge in [0.15, 0.2) is 0 Å². The van der Waals surface area contributed by atoms with Crippen LogP contribution in [0.2, 0.25) is 0 Å². The van der Waals surface area contributed by atoms with E-state index < -0.39 is 0 Å².